The fraction of sp³-hybridized carbons (Fsp3) is 0.923. The van der Waals surface area contributed by atoms with Gasteiger partial charge in [0.15, 0.2) is 0 Å². The van der Waals surface area contributed by atoms with E-state index in [2.05, 4.69) is 17.3 Å². The predicted molar refractivity (Wildman–Crippen MR) is 70.8 cm³/mol. The Morgan fingerprint density at radius 1 is 1.61 bits per heavy atom. The quantitative estimate of drug-likeness (QED) is 0.678. The average molecular weight is 258 g/mol. The molecule has 2 unspecified atom stereocenters. The zero-order valence-corrected chi connectivity index (χ0v) is 11.7. The van der Waals surface area contributed by atoms with E-state index in [-0.39, 0.29) is 0 Å². The Morgan fingerprint density at radius 3 is 2.83 bits per heavy atom. The number of hydrogen-bond donors (Lipinski definition) is 2. The van der Waals surface area contributed by atoms with Crippen LogP contribution in [-0.4, -0.2) is 61.4 Å². The molecule has 1 rings (SSSR count). The van der Waals surface area contributed by atoms with Crippen molar-refractivity contribution in [1.29, 1.82) is 0 Å². The normalized spacial score (nSPS) is 23.2. The summed E-state index contributed by atoms with van der Waals surface area (Å²) in [6.07, 6.45) is 4.18. The Kier molecular flexibility index (Phi) is 6.05. The van der Waals surface area contributed by atoms with Gasteiger partial charge in [0.2, 0.25) is 0 Å². The van der Waals surface area contributed by atoms with Gasteiger partial charge in [-0.2, -0.15) is 0 Å². The van der Waals surface area contributed by atoms with Crippen molar-refractivity contribution >= 4 is 5.97 Å². The van der Waals surface area contributed by atoms with Crippen molar-refractivity contribution in [2.75, 3.05) is 33.8 Å². The lowest BCUT2D eigenvalue weighted by Gasteiger charge is -2.26. The van der Waals surface area contributed by atoms with Crippen LogP contribution >= 0.6 is 0 Å². The highest BCUT2D eigenvalue weighted by atomic mass is 16.5. The Hall–Kier alpha value is -0.650. The summed E-state index contributed by atoms with van der Waals surface area (Å²) in [6.45, 7) is 4.47. The highest BCUT2D eigenvalue weighted by molar-refractivity contribution is 5.78. The minimum Gasteiger partial charge on any atom is -0.480 e. The van der Waals surface area contributed by atoms with Gasteiger partial charge in [0.25, 0.3) is 0 Å². The van der Waals surface area contributed by atoms with E-state index < -0.39 is 11.5 Å². The number of nitrogens with one attached hydrogen (secondary N) is 1. The number of rotatable bonds is 8. The summed E-state index contributed by atoms with van der Waals surface area (Å²) >= 11 is 0. The number of carbonyl (C=O) groups is 1. The zero-order chi connectivity index (χ0) is 13.6. The second-order valence-corrected chi connectivity index (χ2v) is 5.39. The number of aliphatic carboxylic acids is 1. The summed E-state index contributed by atoms with van der Waals surface area (Å²) in [5.41, 5.74) is -0.815. The molecule has 0 bridgehead atoms. The molecular formula is C13H26N2O3. The Morgan fingerprint density at radius 2 is 2.33 bits per heavy atom. The lowest BCUT2D eigenvalue weighted by Crippen LogP contribution is -2.47. The molecule has 1 heterocycles. The SMILES string of the molecule is CNC(C)(CCCN(C)CC1CCCO1)C(=O)O. The van der Waals surface area contributed by atoms with E-state index in [9.17, 15) is 4.79 Å². The fourth-order valence-electron chi connectivity index (χ4n) is 2.27. The topological polar surface area (TPSA) is 61.8 Å². The largest absolute Gasteiger partial charge is 0.480 e. The molecule has 5 heteroatoms. The lowest BCUT2D eigenvalue weighted by atomic mass is 9.96. The van der Waals surface area contributed by atoms with Gasteiger partial charge >= 0.3 is 5.97 Å². The van der Waals surface area contributed by atoms with Gasteiger partial charge in [-0.3, -0.25) is 4.79 Å². The zero-order valence-electron chi connectivity index (χ0n) is 11.7. The number of hydrogen-bond acceptors (Lipinski definition) is 4. The molecule has 0 aromatic heterocycles. The van der Waals surface area contributed by atoms with Gasteiger partial charge in [0.05, 0.1) is 6.10 Å². The molecule has 0 saturated carbocycles. The maximum Gasteiger partial charge on any atom is 0.323 e. The van der Waals surface area contributed by atoms with Crippen molar-refractivity contribution in [1.82, 2.24) is 10.2 Å². The van der Waals surface area contributed by atoms with Crippen LogP contribution in [0.3, 0.4) is 0 Å². The first-order valence-corrected chi connectivity index (χ1v) is 6.70. The van der Waals surface area contributed by atoms with E-state index in [0.717, 1.165) is 39.0 Å². The summed E-state index contributed by atoms with van der Waals surface area (Å²) in [5, 5.41) is 12.0. The Balaban J connectivity index is 2.21. The van der Waals surface area contributed by atoms with Crippen LogP contribution in [0.2, 0.25) is 0 Å². The van der Waals surface area contributed by atoms with Crippen LogP contribution in [0.25, 0.3) is 0 Å². The molecule has 0 amide bonds. The van der Waals surface area contributed by atoms with Crippen molar-refractivity contribution in [2.45, 2.75) is 44.2 Å². The maximum absolute atomic E-state index is 11.1. The molecule has 18 heavy (non-hydrogen) atoms. The molecule has 0 radical (unpaired) electrons. The minimum atomic E-state index is -0.815. The molecule has 2 N–H and O–H groups in total. The number of carboxylic acids is 1. The van der Waals surface area contributed by atoms with E-state index in [1.165, 1.54) is 0 Å². The Labute approximate surface area is 109 Å². The lowest BCUT2D eigenvalue weighted by molar-refractivity contribution is -0.144. The second kappa shape index (κ2) is 7.07. The van der Waals surface area contributed by atoms with Crippen LogP contribution in [0.15, 0.2) is 0 Å². The first kappa shape index (κ1) is 15.4. The van der Waals surface area contributed by atoms with Crippen molar-refractivity contribution in [3.63, 3.8) is 0 Å². The van der Waals surface area contributed by atoms with E-state index >= 15 is 0 Å². The fourth-order valence-corrected chi connectivity index (χ4v) is 2.27. The molecule has 2 atom stereocenters. The van der Waals surface area contributed by atoms with Crippen molar-refractivity contribution in [2.24, 2.45) is 0 Å². The first-order chi connectivity index (χ1) is 8.48. The summed E-state index contributed by atoms with van der Waals surface area (Å²) in [6, 6.07) is 0. The summed E-state index contributed by atoms with van der Waals surface area (Å²) in [5.74, 6) is -0.785. The van der Waals surface area contributed by atoms with Crippen LogP contribution in [0.1, 0.15) is 32.6 Å². The molecule has 106 valence electrons. The molecule has 1 fully saturated rings. The average Bonchev–Trinajstić information content (AvgIpc) is 2.81. The standard InChI is InChI=1S/C13H26N2O3/c1-13(14-2,12(16)17)7-5-8-15(3)10-11-6-4-9-18-11/h11,14H,4-10H2,1-3H3,(H,16,17). The van der Waals surface area contributed by atoms with Gasteiger partial charge < -0.3 is 20.1 Å². The second-order valence-electron chi connectivity index (χ2n) is 5.39. The smallest absolute Gasteiger partial charge is 0.323 e. The highest BCUT2D eigenvalue weighted by Gasteiger charge is 2.30. The van der Waals surface area contributed by atoms with Gasteiger partial charge in [-0.1, -0.05) is 0 Å². The minimum absolute atomic E-state index is 0.366. The van der Waals surface area contributed by atoms with E-state index in [0.29, 0.717) is 12.5 Å². The van der Waals surface area contributed by atoms with Gasteiger partial charge in [0.1, 0.15) is 5.54 Å². The van der Waals surface area contributed by atoms with Crippen LogP contribution in [0.4, 0.5) is 0 Å². The molecule has 1 aliphatic heterocycles. The van der Waals surface area contributed by atoms with Gasteiger partial charge in [0, 0.05) is 13.2 Å². The van der Waals surface area contributed by atoms with Crippen molar-refractivity contribution < 1.29 is 14.6 Å². The monoisotopic (exact) mass is 258 g/mol. The number of nitrogens with zero attached hydrogens (tertiary/aromatic N) is 1. The molecule has 1 saturated heterocycles. The molecular weight excluding hydrogens is 232 g/mol. The molecule has 1 aliphatic rings. The molecule has 0 aliphatic carbocycles. The van der Waals surface area contributed by atoms with Crippen molar-refractivity contribution in [3.8, 4) is 0 Å². The molecule has 0 spiro atoms. The summed E-state index contributed by atoms with van der Waals surface area (Å²) in [4.78, 5) is 13.3. The van der Waals surface area contributed by atoms with E-state index in [4.69, 9.17) is 9.84 Å². The molecule has 5 nitrogen and oxygen atoms in total. The third-order valence-corrected chi connectivity index (χ3v) is 3.78. The Bertz CT molecular complexity index is 267. The maximum atomic E-state index is 11.1. The third kappa shape index (κ3) is 4.55. The third-order valence-electron chi connectivity index (χ3n) is 3.78. The first-order valence-electron chi connectivity index (χ1n) is 6.70. The molecule has 0 aromatic carbocycles. The van der Waals surface area contributed by atoms with Gasteiger partial charge in [-0.05, 0) is 53.2 Å². The van der Waals surface area contributed by atoms with Gasteiger partial charge in [-0.15, -0.1) is 0 Å². The predicted octanol–water partition coefficient (Wildman–Crippen LogP) is 0.940. The van der Waals surface area contributed by atoms with E-state index in [1.807, 2.05) is 0 Å². The van der Waals surface area contributed by atoms with Gasteiger partial charge in [-0.25, -0.2) is 0 Å². The van der Waals surface area contributed by atoms with Crippen LogP contribution in [0, 0.1) is 0 Å². The summed E-state index contributed by atoms with van der Waals surface area (Å²) in [7, 11) is 3.77. The van der Waals surface area contributed by atoms with Crippen LogP contribution in [0.5, 0.6) is 0 Å². The molecule has 0 aromatic rings. The van der Waals surface area contributed by atoms with Crippen LogP contribution in [-0.2, 0) is 9.53 Å². The summed E-state index contributed by atoms with van der Waals surface area (Å²) < 4.78 is 5.58. The van der Waals surface area contributed by atoms with Crippen molar-refractivity contribution in [3.05, 3.63) is 0 Å². The highest BCUT2D eigenvalue weighted by Crippen LogP contribution is 2.15. The van der Waals surface area contributed by atoms with Crippen LogP contribution < -0.4 is 5.32 Å². The number of likely N-dealkylation sites (N-methyl/N-ethyl adjacent to an activating group) is 2. The van der Waals surface area contributed by atoms with E-state index in [1.54, 1.807) is 14.0 Å². The number of carboxylic acid groups (broad SMARTS) is 1. The number of ether oxygens (including phenoxy) is 1.